The number of hydrogen-bond acceptors (Lipinski definition) is 4. The zero-order valence-electron chi connectivity index (χ0n) is 15.6. The van der Waals surface area contributed by atoms with Crippen LogP contribution in [0.15, 0.2) is 66.7 Å². The molecule has 0 aliphatic carbocycles. The zero-order chi connectivity index (χ0) is 20.4. The predicted octanol–water partition coefficient (Wildman–Crippen LogP) is 5.10. The second-order valence-electron chi connectivity index (χ2n) is 6.62. The molecular weight excluding hydrogens is 388 g/mol. The van der Waals surface area contributed by atoms with Crippen LogP contribution in [0.1, 0.15) is 26.3 Å². The highest BCUT2D eigenvalue weighted by Crippen LogP contribution is 2.23. The van der Waals surface area contributed by atoms with Crippen molar-refractivity contribution in [2.45, 2.75) is 6.42 Å². The van der Waals surface area contributed by atoms with Crippen LogP contribution >= 0.6 is 11.6 Å². The number of benzene rings is 3. The smallest absolute Gasteiger partial charge is 0.337 e. The van der Waals surface area contributed by atoms with Gasteiger partial charge < -0.3 is 9.72 Å². The van der Waals surface area contributed by atoms with Crippen LogP contribution in [0.4, 0.5) is 0 Å². The Hall–Kier alpha value is -3.44. The van der Waals surface area contributed by atoms with Crippen LogP contribution in [0.25, 0.3) is 22.4 Å². The maximum Gasteiger partial charge on any atom is 0.337 e. The van der Waals surface area contributed by atoms with Gasteiger partial charge in [0.15, 0.2) is 5.78 Å². The normalized spacial score (nSPS) is 10.8. The van der Waals surface area contributed by atoms with E-state index in [1.165, 1.54) is 7.11 Å². The van der Waals surface area contributed by atoms with Gasteiger partial charge in [0, 0.05) is 22.6 Å². The predicted molar refractivity (Wildman–Crippen MR) is 112 cm³/mol. The highest BCUT2D eigenvalue weighted by Gasteiger charge is 2.12. The molecule has 3 aromatic carbocycles. The first-order valence-electron chi connectivity index (χ1n) is 8.99. The number of halogens is 1. The largest absolute Gasteiger partial charge is 0.465 e. The minimum Gasteiger partial charge on any atom is -0.465 e. The molecule has 29 heavy (non-hydrogen) atoms. The van der Waals surface area contributed by atoms with E-state index in [9.17, 15) is 9.59 Å². The van der Waals surface area contributed by atoms with Gasteiger partial charge in [0.05, 0.1) is 23.7 Å². The Labute approximate surface area is 172 Å². The number of methoxy groups -OCH3 is 1. The Kier molecular flexibility index (Phi) is 5.14. The third kappa shape index (κ3) is 4.05. The fourth-order valence-corrected chi connectivity index (χ4v) is 3.35. The van der Waals surface area contributed by atoms with E-state index < -0.39 is 0 Å². The Bertz CT molecular complexity index is 1210. The number of ketones is 1. The van der Waals surface area contributed by atoms with E-state index in [4.69, 9.17) is 16.3 Å². The maximum atomic E-state index is 12.7. The molecule has 4 aromatic rings. The molecule has 1 heterocycles. The average Bonchev–Trinajstić information content (AvgIpc) is 3.16. The highest BCUT2D eigenvalue weighted by atomic mass is 35.5. The first kappa shape index (κ1) is 18.9. The van der Waals surface area contributed by atoms with Crippen LogP contribution in [0.3, 0.4) is 0 Å². The quantitative estimate of drug-likeness (QED) is 0.371. The summed E-state index contributed by atoms with van der Waals surface area (Å²) < 4.78 is 4.71. The van der Waals surface area contributed by atoms with E-state index in [2.05, 4.69) is 9.97 Å². The van der Waals surface area contributed by atoms with E-state index >= 15 is 0 Å². The van der Waals surface area contributed by atoms with Gasteiger partial charge in [-0.25, -0.2) is 9.78 Å². The molecule has 0 bridgehead atoms. The van der Waals surface area contributed by atoms with Crippen molar-refractivity contribution in [2.24, 2.45) is 0 Å². The Morgan fingerprint density at radius 2 is 1.76 bits per heavy atom. The fourth-order valence-electron chi connectivity index (χ4n) is 3.14. The number of nitrogens with one attached hydrogen (secondary N) is 1. The first-order chi connectivity index (χ1) is 14.0. The highest BCUT2D eigenvalue weighted by molar-refractivity contribution is 6.30. The first-order valence-corrected chi connectivity index (χ1v) is 9.37. The molecule has 0 amide bonds. The number of H-pyrrole nitrogens is 1. The Morgan fingerprint density at radius 3 is 2.48 bits per heavy atom. The lowest BCUT2D eigenvalue weighted by molar-refractivity contribution is 0.0600. The molecule has 1 aromatic heterocycles. The molecular formula is C23H17ClN2O3. The summed E-state index contributed by atoms with van der Waals surface area (Å²) in [5.41, 5.74) is 4.32. The summed E-state index contributed by atoms with van der Waals surface area (Å²) in [4.78, 5) is 32.0. The number of nitrogens with zero attached hydrogens (tertiary/aromatic N) is 1. The van der Waals surface area contributed by atoms with Gasteiger partial charge in [-0.2, -0.15) is 0 Å². The summed E-state index contributed by atoms with van der Waals surface area (Å²) in [6.07, 6.45) is 0.280. The lowest BCUT2D eigenvalue weighted by Gasteiger charge is -2.02. The van der Waals surface area contributed by atoms with Crippen molar-refractivity contribution in [3.63, 3.8) is 0 Å². The Balaban J connectivity index is 1.59. The van der Waals surface area contributed by atoms with E-state index in [1.807, 2.05) is 24.3 Å². The van der Waals surface area contributed by atoms with Gasteiger partial charge in [0.1, 0.15) is 5.82 Å². The molecule has 0 radical (unpaired) electrons. The average molecular weight is 405 g/mol. The van der Waals surface area contributed by atoms with Crippen LogP contribution in [-0.4, -0.2) is 28.8 Å². The third-order valence-corrected chi connectivity index (χ3v) is 4.87. The molecule has 0 aliphatic heterocycles. The summed E-state index contributed by atoms with van der Waals surface area (Å²) >= 11 is 6.00. The number of imidazole rings is 1. The molecule has 144 valence electrons. The summed E-state index contributed by atoms with van der Waals surface area (Å²) in [5, 5.41) is 0.613. The molecule has 0 unspecified atom stereocenters. The van der Waals surface area contributed by atoms with Gasteiger partial charge >= 0.3 is 5.97 Å². The molecule has 6 heteroatoms. The number of aromatic amines is 1. The summed E-state index contributed by atoms with van der Waals surface area (Å²) in [6.45, 7) is 0. The van der Waals surface area contributed by atoms with Crippen molar-refractivity contribution in [2.75, 3.05) is 7.11 Å². The molecule has 0 aliphatic rings. The second-order valence-corrected chi connectivity index (χ2v) is 7.05. The van der Waals surface area contributed by atoms with Crippen molar-refractivity contribution in [1.82, 2.24) is 9.97 Å². The molecule has 0 spiro atoms. The number of aromatic nitrogens is 2. The van der Waals surface area contributed by atoms with Gasteiger partial charge in [-0.1, -0.05) is 35.9 Å². The maximum absolute atomic E-state index is 12.7. The number of Topliss-reactive ketones (excluding diaryl/α,β-unsaturated/α-hetero) is 1. The van der Waals surface area contributed by atoms with Crippen molar-refractivity contribution < 1.29 is 14.3 Å². The lowest BCUT2D eigenvalue weighted by Crippen LogP contribution is -2.03. The monoisotopic (exact) mass is 404 g/mol. The number of hydrogen-bond donors (Lipinski definition) is 1. The van der Waals surface area contributed by atoms with Gasteiger partial charge in [-0.3, -0.25) is 4.79 Å². The summed E-state index contributed by atoms with van der Waals surface area (Å²) in [7, 11) is 1.35. The molecule has 1 N–H and O–H groups in total. The van der Waals surface area contributed by atoms with Gasteiger partial charge in [-0.05, 0) is 48.0 Å². The van der Waals surface area contributed by atoms with Crippen molar-refractivity contribution in [3.05, 3.63) is 88.4 Å². The minimum atomic E-state index is -0.385. The van der Waals surface area contributed by atoms with E-state index in [0.29, 0.717) is 22.0 Å². The number of carbonyl (C=O) groups excluding carboxylic acids is 2. The fraction of sp³-hybridized carbons (Fsp3) is 0.0870. The van der Waals surface area contributed by atoms with Crippen LogP contribution in [0.2, 0.25) is 5.02 Å². The zero-order valence-corrected chi connectivity index (χ0v) is 16.4. The summed E-state index contributed by atoms with van der Waals surface area (Å²) in [5.74, 6) is 0.285. The van der Waals surface area contributed by atoms with E-state index in [1.54, 1.807) is 42.5 Å². The third-order valence-electron chi connectivity index (χ3n) is 4.64. The SMILES string of the molecule is COC(=O)c1ccc(-c2nc3ccc(C(=O)Cc4cccc(Cl)c4)cc3[nH]2)cc1. The van der Waals surface area contributed by atoms with E-state index in [-0.39, 0.29) is 18.2 Å². The standard InChI is InChI=1S/C23H17ClN2O3/c1-29-23(28)16-7-5-15(6-8-16)22-25-19-10-9-17(13-20(19)26-22)21(27)12-14-3-2-4-18(24)11-14/h2-11,13H,12H2,1H3,(H,25,26). The van der Waals surface area contributed by atoms with Crippen molar-refractivity contribution in [3.8, 4) is 11.4 Å². The molecule has 4 rings (SSSR count). The molecule has 5 nitrogen and oxygen atoms in total. The number of fused-ring (bicyclic) bond motifs is 1. The van der Waals surface area contributed by atoms with Gasteiger partial charge in [0.25, 0.3) is 0 Å². The van der Waals surface area contributed by atoms with Crippen LogP contribution in [0, 0.1) is 0 Å². The molecule has 0 saturated heterocycles. The van der Waals surface area contributed by atoms with Crippen LogP contribution < -0.4 is 0 Å². The molecule has 0 saturated carbocycles. The van der Waals surface area contributed by atoms with Crippen LogP contribution in [0.5, 0.6) is 0 Å². The van der Waals surface area contributed by atoms with Crippen molar-refractivity contribution in [1.29, 1.82) is 0 Å². The molecule has 0 atom stereocenters. The van der Waals surface area contributed by atoms with Crippen molar-refractivity contribution >= 4 is 34.4 Å². The lowest BCUT2D eigenvalue weighted by atomic mass is 10.0. The second kappa shape index (κ2) is 7.89. The number of carbonyl (C=O) groups is 2. The van der Waals surface area contributed by atoms with Gasteiger partial charge in [0.2, 0.25) is 0 Å². The number of rotatable bonds is 5. The van der Waals surface area contributed by atoms with E-state index in [0.717, 1.165) is 22.2 Å². The topological polar surface area (TPSA) is 72.0 Å². The van der Waals surface area contributed by atoms with Crippen LogP contribution in [-0.2, 0) is 11.2 Å². The summed E-state index contributed by atoms with van der Waals surface area (Å²) in [6, 6.07) is 19.7. The van der Waals surface area contributed by atoms with Gasteiger partial charge in [-0.15, -0.1) is 0 Å². The number of ether oxygens (including phenoxy) is 1. The molecule has 0 fully saturated rings. The number of esters is 1. The Morgan fingerprint density at radius 1 is 1.00 bits per heavy atom. The minimum absolute atomic E-state index is 0.00717.